The van der Waals surface area contributed by atoms with E-state index < -0.39 is 24.7 Å². The molecule has 0 aromatic carbocycles. The van der Waals surface area contributed by atoms with E-state index in [-0.39, 0.29) is 12.3 Å². The van der Waals surface area contributed by atoms with Gasteiger partial charge in [-0.3, -0.25) is 0 Å². The van der Waals surface area contributed by atoms with Crippen molar-refractivity contribution < 1.29 is 17.6 Å². The highest BCUT2D eigenvalue weighted by Crippen LogP contribution is 2.48. The first-order valence-electron chi connectivity index (χ1n) is 4.64. The lowest BCUT2D eigenvalue weighted by Crippen LogP contribution is -2.45. The number of hydrogen-bond acceptors (Lipinski definition) is 0. The highest BCUT2D eigenvalue weighted by Gasteiger charge is 2.58. The fourth-order valence-corrected chi connectivity index (χ4v) is 1.84. The highest BCUT2D eigenvalue weighted by atomic mass is 19.3. The van der Waals surface area contributed by atoms with Gasteiger partial charge in [-0.1, -0.05) is 19.8 Å². The zero-order chi connectivity index (χ0) is 10.1. The first-order valence-corrected chi connectivity index (χ1v) is 4.64. The summed E-state index contributed by atoms with van der Waals surface area (Å²) in [4.78, 5) is 0. The molecule has 1 aliphatic carbocycles. The van der Waals surface area contributed by atoms with E-state index in [4.69, 9.17) is 0 Å². The molecule has 0 spiro atoms. The van der Waals surface area contributed by atoms with Crippen LogP contribution in [0.5, 0.6) is 0 Å². The van der Waals surface area contributed by atoms with Crippen LogP contribution >= 0.6 is 0 Å². The molecule has 0 N–H and O–H groups in total. The van der Waals surface area contributed by atoms with Gasteiger partial charge in [0.1, 0.15) is 0 Å². The Morgan fingerprint density at radius 1 is 1.15 bits per heavy atom. The normalized spacial score (nSPS) is 31.6. The molecule has 0 aromatic heterocycles. The third-order valence-corrected chi connectivity index (χ3v) is 2.64. The Morgan fingerprint density at radius 2 is 1.77 bits per heavy atom. The van der Waals surface area contributed by atoms with E-state index in [1.807, 2.05) is 6.92 Å². The third-order valence-electron chi connectivity index (χ3n) is 2.64. The molecular weight excluding hydrogens is 184 g/mol. The van der Waals surface area contributed by atoms with Gasteiger partial charge in [0.15, 0.2) is 0 Å². The standard InChI is InChI=1S/C9H14F4/c1-2-3-7-4-5-8(10,11)9(12,13)6-7/h7H,2-6H2,1H3. The Labute approximate surface area is 75.3 Å². The summed E-state index contributed by atoms with van der Waals surface area (Å²) in [5, 5.41) is 0. The lowest BCUT2D eigenvalue weighted by atomic mass is 9.81. The van der Waals surface area contributed by atoms with Crippen molar-refractivity contribution in [1.29, 1.82) is 0 Å². The van der Waals surface area contributed by atoms with Crippen molar-refractivity contribution in [1.82, 2.24) is 0 Å². The quantitative estimate of drug-likeness (QED) is 0.591. The van der Waals surface area contributed by atoms with Gasteiger partial charge in [0.25, 0.3) is 0 Å². The Kier molecular flexibility index (Phi) is 2.88. The maximum atomic E-state index is 12.8. The molecule has 1 aliphatic rings. The van der Waals surface area contributed by atoms with Crippen molar-refractivity contribution in [2.45, 2.75) is 50.9 Å². The topological polar surface area (TPSA) is 0 Å². The van der Waals surface area contributed by atoms with Crippen molar-refractivity contribution in [2.24, 2.45) is 5.92 Å². The largest absolute Gasteiger partial charge is 0.310 e. The lowest BCUT2D eigenvalue weighted by Gasteiger charge is -2.35. The van der Waals surface area contributed by atoms with Crippen molar-refractivity contribution >= 4 is 0 Å². The van der Waals surface area contributed by atoms with Gasteiger partial charge in [0, 0.05) is 12.8 Å². The van der Waals surface area contributed by atoms with E-state index in [9.17, 15) is 17.6 Å². The first-order chi connectivity index (χ1) is 5.89. The minimum atomic E-state index is -3.79. The molecule has 1 fully saturated rings. The fraction of sp³-hybridized carbons (Fsp3) is 1.00. The summed E-state index contributed by atoms with van der Waals surface area (Å²) in [6.07, 6.45) is 0.340. The van der Waals surface area contributed by atoms with Crippen LogP contribution in [0.1, 0.15) is 39.0 Å². The van der Waals surface area contributed by atoms with E-state index in [0.717, 1.165) is 6.42 Å². The molecule has 0 bridgehead atoms. The number of alkyl halides is 4. The van der Waals surface area contributed by atoms with Crippen LogP contribution in [0.2, 0.25) is 0 Å². The van der Waals surface area contributed by atoms with Crippen molar-refractivity contribution in [3.63, 3.8) is 0 Å². The molecule has 0 aromatic rings. The SMILES string of the molecule is CCCC1CCC(F)(F)C(F)(F)C1. The fourth-order valence-electron chi connectivity index (χ4n) is 1.84. The van der Waals surface area contributed by atoms with E-state index in [2.05, 4.69) is 0 Å². The molecular formula is C9H14F4. The molecule has 0 nitrogen and oxygen atoms in total. The molecule has 1 saturated carbocycles. The van der Waals surface area contributed by atoms with Crippen LogP contribution in [0.3, 0.4) is 0 Å². The molecule has 0 radical (unpaired) electrons. The van der Waals surface area contributed by atoms with Crippen LogP contribution in [0, 0.1) is 5.92 Å². The summed E-state index contributed by atoms with van der Waals surface area (Å²) in [6, 6.07) is 0. The minimum absolute atomic E-state index is 0.223. The molecule has 1 atom stereocenters. The predicted molar refractivity (Wildman–Crippen MR) is 42.1 cm³/mol. The minimum Gasteiger partial charge on any atom is -0.200 e. The van der Waals surface area contributed by atoms with Gasteiger partial charge in [-0.25, -0.2) is 0 Å². The van der Waals surface area contributed by atoms with Crippen molar-refractivity contribution in [2.75, 3.05) is 0 Å². The summed E-state index contributed by atoms with van der Waals surface area (Å²) in [6.45, 7) is 1.88. The van der Waals surface area contributed by atoms with Crippen LogP contribution in [0.4, 0.5) is 17.6 Å². The maximum Gasteiger partial charge on any atom is 0.310 e. The van der Waals surface area contributed by atoms with E-state index in [1.54, 1.807) is 0 Å². The van der Waals surface area contributed by atoms with Crippen molar-refractivity contribution in [3.05, 3.63) is 0 Å². The van der Waals surface area contributed by atoms with Crippen LogP contribution < -0.4 is 0 Å². The zero-order valence-corrected chi connectivity index (χ0v) is 7.62. The summed E-state index contributed by atoms with van der Waals surface area (Å²) >= 11 is 0. The van der Waals surface area contributed by atoms with Gasteiger partial charge in [-0.15, -0.1) is 0 Å². The maximum absolute atomic E-state index is 12.8. The number of halogens is 4. The van der Waals surface area contributed by atoms with E-state index >= 15 is 0 Å². The molecule has 0 heterocycles. The summed E-state index contributed by atoms with van der Waals surface area (Å²) in [7, 11) is 0. The Balaban J connectivity index is 2.59. The monoisotopic (exact) mass is 198 g/mol. The average molecular weight is 198 g/mol. The zero-order valence-electron chi connectivity index (χ0n) is 7.62. The molecule has 1 unspecified atom stereocenters. The van der Waals surface area contributed by atoms with Crippen molar-refractivity contribution in [3.8, 4) is 0 Å². The van der Waals surface area contributed by atoms with Gasteiger partial charge in [-0.2, -0.15) is 17.6 Å². The average Bonchev–Trinajstić information content (AvgIpc) is 1.98. The number of hydrogen-bond donors (Lipinski definition) is 0. The molecule has 0 aliphatic heterocycles. The predicted octanol–water partition coefficient (Wildman–Crippen LogP) is 3.86. The second-order valence-corrected chi connectivity index (χ2v) is 3.81. The van der Waals surface area contributed by atoms with Crippen LogP contribution in [-0.4, -0.2) is 11.8 Å². The molecule has 0 amide bonds. The smallest absolute Gasteiger partial charge is 0.200 e. The Morgan fingerprint density at radius 3 is 2.23 bits per heavy atom. The van der Waals surface area contributed by atoms with E-state index in [0.29, 0.717) is 6.42 Å². The molecule has 4 heteroatoms. The second kappa shape index (κ2) is 3.46. The van der Waals surface area contributed by atoms with Crippen LogP contribution in [0.25, 0.3) is 0 Å². The molecule has 78 valence electrons. The number of rotatable bonds is 2. The first kappa shape index (κ1) is 10.8. The summed E-state index contributed by atoms with van der Waals surface area (Å²) < 4.78 is 50.9. The molecule has 13 heavy (non-hydrogen) atoms. The molecule has 1 rings (SSSR count). The van der Waals surface area contributed by atoms with E-state index in [1.165, 1.54) is 0 Å². The molecule has 0 saturated heterocycles. The Bertz CT molecular complexity index is 176. The lowest BCUT2D eigenvalue weighted by molar-refractivity contribution is -0.238. The van der Waals surface area contributed by atoms with Gasteiger partial charge in [0.05, 0.1) is 0 Å². The van der Waals surface area contributed by atoms with Crippen LogP contribution in [0.15, 0.2) is 0 Å². The van der Waals surface area contributed by atoms with Gasteiger partial charge in [-0.05, 0) is 12.3 Å². The van der Waals surface area contributed by atoms with Gasteiger partial charge in [0.2, 0.25) is 0 Å². The Hall–Kier alpha value is -0.280. The van der Waals surface area contributed by atoms with Gasteiger partial charge >= 0.3 is 11.8 Å². The summed E-state index contributed by atoms with van der Waals surface area (Å²) in [5.74, 6) is -7.79. The second-order valence-electron chi connectivity index (χ2n) is 3.81. The highest BCUT2D eigenvalue weighted by molar-refractivity contribution is 4.91. The van der Waals surface area contributed by atoms with Gasteiger partial charge < -0.3 is 0 Å². The summed E-state index contributed by atoms with van der Waals surface area (Å²) in [5.41, 5.74) is 0. The third kappa shape index (κ3) is 2.15. The van der Waals surface area contributed by atoms with Crippen LogP contribution in [-0.2, 0) is 0 Å².